The second-order valence-electron chi connectivity index (χ2n) is 3.85. The first-order valence-corrected chi connectivity index (χ1v) is 4.24. The van der Waals surface area contributed by atoms with Crippen LogP contribution in [0.15, 0.2) is 12.2 Å². The van der Waals surface area contributed by atoms with Crippen molar-refractivity contribution in [2.24, 2.45) is 11.3 Å². The summed E-state index contributed by atoms with van der Waals surface area (Å²) in [6.07, 6.45) is 5.62. The van der Waals surface area contributed by atoms with Crippen molar-refractivity contribution in [3.8, 4) is 0 Å². The molecule has 0 aromatic carbocycles. The Balaban J connectivity index is 2.63. The van der Waals surface area contributed by atoms with Crippen molar-refractivity contribution in [2.75, 3.05) is 0 Å². The molecule has 0 aliphatic heterocycles. The first-order valence-electron chi connectivity index (χ1n) is 4.24. The molecule has 0 aromatic heterocycles. The van der Waals surface area contributed by atoms with Gasteiger partial charge in [-0.25, -0.2) is 0 Å². The van der Waals surface area contributed by atoms with Crippen LogP contribution >= 0.6 is 0 Å². The SMILES string of the molecule is CC1(C)C=CC(=O)[C@H]1CCC=O. The molecule has 0 saturated heterocycles. The lowest BCUT2D eigenvalue weighted by Gasteiger charge is -2.23. The molecule has 0 saturated carbocycles. The van der Waals surface area contributed by atoms with Crippen LogP contribution in [0.3, 0.4) is 0 Å². The van der Waals surface area contributed by atoms with Crippen molar-refractivity contribution in [3.63, 3.8) is 0 Å². The molecule has 0 aromatic rings. The maximum Gasteiger partial charge on any atom is 0.159 e. The van der Waals surface area contributed by atoms with Crippen LogP contribution in [0, 0.1) is 11.3 Å². The van der Waals surface area contributed by atoms with Gasteiger partial charge in [-0.05, 0) is 17.9 Å². The third kappa shape index (κ3) is 1.63. The van der Waals surface area contributed by atoms with Crippen LogP contribution in [0.2, 0.25) is 0 Å². The van der Waals surface area contributed by atoms with Gasteiger partial charge in [0.2, 0.25) is 0 Å². The lowest BCUT2D eigenvalue weighted by Crippen LogP contribution is -2.23. The zero-order valence-electron chi connectivity index (χ0n) is 7.54. The maximum absolute atomic E-state index is 11.3. The Bertz CT molecular complexity index is 226. The second-order valence-corrected chi connectivity index (χ2v) is 3.85. The average Bonchev–Trinajstić information content (AvgIpc) is 2.24. The van der Waals surface area contributed by atoms with Crippen molar-refractivity contribution < 1.29 is 9.59 Å². The van der Waals surface area contributed by atoms with Gasteiger partial charge in [-0.3, -0.25) is 4.79 Å². The quantitative estimate of drug-likeness (QED) is 0.598. The molecule has 1 aliphatic rings. The van der Waals surface area contributed by atoms with E-state index >= 15 is 0 Å². The maximum atomic E-state index is 11.3. The molecule has 0 fully saturated rings. The van der Waals surface area contributed by atoms with Crippen molar-refractivity contribution >= 4 is 12.1 Å². The van der Waals surface area contributed by atoms with Crippen LogP contribution in [0.1, 0.15) is 26.7 Å². The molecule has 2 nitrogen and oxygen atoms in total. The lowest BCUT2D eigenvalue weighted by atomic mass is 9.79. The predicted molar refractivity (Wildman–Crippen MR) is 46.7 cm³/mol. The van der Waals surface area contributed by atoms with Gasteiger partial charge in [-0.15, -0.1) is 0 Å². The summed E-state index contributed by atoms with van der Waals surface area (Å²) >= 11 is 0. The van der Waals surface area contributed by atoms with Crippen LogP contribution in [-0.2, 0) is 9.59 Å². The molecule has 0 bridgehead atoms. The fourth-order valence-corrected chi connectivity index (χ4v) is 1.64. The number of carbonyl (C=O) groups is 2. The van der Waals surface area contributed by atoms with Gasteiger partial charge in [0, 0.05) is 12.3 Å². The molecule has 0 spiro atoms. The molecule has 0 heterocycles. The molecule has 1 atom stereocenters. The summed E-state index contributed by atoms with van der Waals surface area (Å²) in [5.41, 5.74) is -0.0555. The Morgan fingerprint density at radius 3 is 2.67 bits per heavy atom. The van der Waals surface area contributed by atoms with E-state index in [-0.39, 0.29) is 17.1 Å². The highest BCUT2D eigenvalue weighted by molar-refractivity contribution is 5.95. The molecular formula is C10H14O2. The fraction of sp³-hybridized carbons (Fsp3) is 0.600. The van der Waals surface area contributed by atoms with Crippen LogP contribution < -0.4 is 0 Å². The number of allylic oxidation sites excluding steroid dienone is 2. The monoisotopic (exact) mass is 166 g/mol. The third-order valence-electron chi connectivity index (χ3n) is 2.49. The number of hydrogen-bond acceptors (Lipinski definition) is 2. The smallest absolute Gasteiger partial charge is 0.159 e. The minimum atomic E-state index is -0.0555. The van der Waals surface area contributed by atoms with E-state index in [2.05, 4.69) is 0 Å². The second kappa shape index (κ2) is 3.21. The standard InChI is InChI=1S/C10H14O2/c1-10(2)6-5-9(12)8(10)4-3-7-11/h5-8H,3-4H2,1-2H3/t8-/m1/s1. The summed E-state index contributed by atoms with van der Waals surface area (Å²) in [5, 5.41) is 0. The van der Waals surface area contributed by atoms with Gasteiger partial charge in [0.25, 0.3) is 0 Å². The van der Waals surface area contributed by atoms with E-state index in [9.17, 15) is 9.59 Å². The van der Waals surface area contributed by atoms with E-state index in [1.807, 2.05) is 19.9 Å². The molecule has 0 radical (unpaired) electrons. The number of rotatable bonds is 3. The molecule has 12 heavy (non-hydrogen) atoms. The molecule has 0 unspecified atom stereocenters. The Morgan fingerprint density at radius 2 is 2.25 bits per heavy atom. The van der Waals surface area contributed by atoms with Crippen molar-refractivity contribution in [2.45, 2.75) is 26.7 Å². The number of ketones is 1. The van der Waals surface area contributed by atoms with Crippen molar-refractivity contribution in [3.05, 3.63) is 12.2 Å². The summed E-state index contributed by atoms with van der Waals surface area (Å²) in [6, 6.07) is 0. The Hall–Kier alpha value is -0.920. The first-order chi connectivity index (χ1) is 5.58. The van der Waals surface area contributed by atoms with Crippen molar-refractivity contribution in [1.29, 1.82) is 0 Å². The highest BCUT2D eigenvalue weighted by atomic mass is 16.1. The molecule has 1 aliphatic carbocycles. The molecule has 2 heteroatoms. The number of hydrogen-bond donors (Lipinski definition) is 0. The van der Waals surface area contributed by atoms with E-state index < -0.39 is 0 Å². The van der Waals surface area contributed by atoms with E-state index in [0.29, 0.717) is 12.8 Å². The van der Waals surface area contributed by atoms with Crippen LogP contribution in [0.4, 0.5) is 0 Å². The summed E-state index contributed by atoms with van der Waals surface area (Å²) in [7, 11) is 0. The minimum Gasteiger partial charge on any atom is -0.303 e. The Labute approximate surface area is 72.7 Å². The summed E-state index contributed by atoms with van der Waals surface area (Å²) in [4.78, 5) is 21.4. The van der Waals surface area contributed by atoms with Gasteiger partial charge in [0.15, 0.2) is 5.78 Å². The van der Waals surface area contributed by atoms with Gasteiger partial charge in [-0.2, -0.15) is 0 Å². The van der Waals surface area contributed by atoms with E-state index in [1.54, 1.807) is 6.08 Å². The van der Waals surface area contributed by atoms with E-state index in [4.69, 9.17) is 0 Å². The van der Waals surface area contributed by atoms with Crippen LogP contribution in [-0.4, -0.2) is 12.1 Å². The third-order valence-corrected chi connectivity index (χ3v) is 2.49. The van der Waals surface area contributed by atoms with Crippen LogP contribution in [0.5, 0.6) is 0 Å². The summed E-state index contributed by atoms with van der Waals surface area (Å²) in [6.45, 7) is 4.06. The van der Waals surface area contributed by atoms with Gasteiger partial charge >= 0.3 is 0 Å². The van der Waals surface area contributed by atoms with Gasteiger partial charge in [-0.1, -0.05) is 19.9 Å². The summed E-state index contributed by atoms with van der Waals surface area (Å²) < 4.78 is 0. The molecule has 1 rings (SSSR count). The molecule has 0 N–H and O–H groups in total. The topological polar surface area (TPSA) is 34.1 Å². The van der Waals surface area contributed by atoms with E-state index in [1.165, 1.54) is 0 Å². The minimum absolute atomic E-state index is 0.0164. The number of carbonyl (C=O) groups excluding carboxylic acids is 2. The highest BCUT2D eigenvalue weighted by Crippen LogP contribution is 2.37. The van der Waals surface area contributed by atoms with Crippen molar-refractivity contribution in [1.82, 2.24) is 0 Å². The lowest BCUT2D eigenvalue weighted by molar-refractivity contribution is -0.119. The largest absolute Gasteiger partial charge is 0.303 e. The predicted octanol–water partition coefficient (Wildman–Crippen LogP) is 1.75. The van der Waals surface area contributed by atoms with Gasteiger partial charge in [0.05, 0.1) is 0 Å². The fourth-order valence-electron chi connectivity index (χ4n) is 1.64. The van der Waals surface area contributed by atoms with Crippen LogP contribution in [0.25, 0.3) is 0 Å². The summed E-state index contributed by atoms with van der Waals surface area (Å²) in [5.74, 6) is 0.185. The molecular weight excluding hydrogens is 152 g/mol. The zero-order chi connectivity index (χ0) is 9.19. The molecule has 66 valence electrons. The molecule has 0 amide bonds. The number of aldehydes is 1. The van der Waals surface area contributed by atoms with E-state index in [0.717, 1.165) is 6.29 Å². The highest BCUT2D eigenvalue weighted by Gasteiger charge is 2.35. The van der Waals surface area contributed by atoms with Gasteiger partial charge in [0.1, 0.15) is 6.29 Å². The van der Waals surface area contributed by atoms with Gasteiger partial charge < -0.3 is 4.79 Å². The normalized spacial score (nSPS) is 26.2. The zero-order valence-corrected chi connectivity index (χ0v) is 7.54. The first kappa shape index (κ1) is 9.17. The Kier molecular flexibility index (Phi) is 2.46. The Morgan fingerprint density at radius 1 is 1.58 bits per heavy atom. The average molecular weight is 166 g/mol.